The molecule has 0 aliphatic carbocycles. The summed E-state index contributed by atoms with van der Waals surface area (Å²) in [6.45, 7) is 3.45. The molecule has 2 saturated heterocycles. The Morgan fingerprint density at radius 1 is 1.13 bits per heavy atom. The van der Waals surface area contributed by atoms with Crippen molar-refractivity contribution in [2.45, 2.75) is 6.42 Å². The first-order valence-corrected chi connectivity index (χ1v) is 9.89. The highest BCUT2D eigenvalue weighted by Crippen LogP contribution is 2.18. The minimum atomic E-state index is -2.88. The van der Waals surface area contributed by atoms with Gasteiger partial charge in [-0.3, -0.25) is 0 Å². The molecule has 3 rings (SSSR count). The molecule has 0 spiro atoms. The van der Waals surface area contributed by atoms with Crippen LogP contribution in [0.25, 0.3) is 0 Å². The molecule has 2 fully saturated rings. The van der Waals surface area contributed by atoms with Crippen LogP contribution in [0, 0.1) is 5.92 Å². The maximum Gasteiger partial charge on any atom is 0.317 e. The molecule has 0 radical (unpaired) electrons. The molecule has 0 saturated carbocycles. The lowest BCUT2D eigenvalue weighted by molar-refractivity contribution is 0.193. The zero-order chi connectivity index (χ0) is 16.3. The fraction of sp³-hybridized carbons (Fsp3) is 0.562. The van der Waals surface area contributed by atoms with Gasteiger partial charge in [-0.15, -0.1) is 0 Å². The van der Waals surface area contributed by atoms with E-state index in [-0.39, 0.29) is 23.5 Å². The zero-order valence-electron chi connectivity index (χ0n) is 13.1. The molecule has 1 aromatic carbocycles. The molecule has 2 amide bonds. The highest BCUT2D eigenvalue weighted by atomic mass is 32.2. The van der Waals surface area contributed by atoms with E-state index >= 15 is 0 Å². The van der Waals surface area contributed by atoms with Gasteiger partial charge >= 0.3 is 6.03 Å². The molecule has 2 aliphatic heterocycles. The second-order valence-corrected chi connectivity index (χ2v) is 8.49. The molecule has 126 valence electrons. The Kier molecular flexibility index (Phi) is 4.75. The average molecular weight is 337 g/mol. The lowest BCUT2D eigenvalue weighted by Crippen LogP contribution is -2.52. The van der Waals surface area contributed by atoms with Crippen molar-refractivity contribution in [3.63, 3.8) is 0 Å². The minimum absolute atomic E-state index is 0.0644. The van der Waals surface area contributed by atoms with E-state index in [1.54, 1.807) is 0 Å². The normalized spacial score (nSPS) is 23.7. The maximum absolute atomic E-state index is 12.2. The van der Waals surface area contributed by atoms with Gasteiger partial charge < -0.3 is 15.1 Å². The number of nitrogens with one attached hydrogen (secondary N) is 1. The van der Waals surface area contributed by atoms with E-state index in [2.05, 4.69) is 22.3 Å². The van der Waals surface area contributed by atoms with E-state index < -0.39 is 9.84 Å². The van der Waals surface area contributed by atoms with E-state index in [9.17, 15) is 13.2 Å². The van der Waals surface area contributed by atoms with Crippen LogP contribution in [-0.2, 0) is 9.84 Å². The third kappa shape index (κ3) is 4.16. The zero-order valence-corrected chi connectivity index (χ0v) is 14.0. The Balaban J connectivity index is 1.43. The first-order chi connectivity index (χ1) is 11.0. The van der Waals surface area contributed by atoms with Gasteiger partial charge in [0.05, 0.1) is 11.5 Å². The van der Waals surface area contributed by atoms with Gasteiger partial charge in [-0.2, -0.15) is 0 Å². The molecule has 7 heteroatoms. The fourth-order valence-electron chi connectivity index (χ4n) is 3.18. The third-order valence-corrected chi connectivity index (χ3v) is 6.39. The van der Waals surface area contributed by atoms with Gasteiger partial charge in [0.1, 0.15) is 0 Å². The predicted octanol–water partition coefficient (Wildman–Crippen LogP) is 0.953. The number of nitrogens with zero attached hydrogens (tertiary/aromatic N) is 2. The SMILES string of the molecule is O=C(NCC1CCS(=O)(=O)C1)N1CCN(c2ccccc2)CC1. The summed E-state index contributed by atoms with van der Waals surface area (Å²) in [7, 11) is -2.88. The Hall–Kier alpha value is -1.76. The van der Waals surface area contributed by atoms with Gasteiger partial charge in [0.15, 0.2) is 9.84 Å². The Labute approximate surface area is 137 Å². The monoisotopic (exact) mass is 337 g/mol. The molecule has 1 N–H and O–H groups in total. The lowest BCUT2D eigenvalue weighted by Gasteiger charge is -2.36. The van der Waals surface area contributed by atoms with Crippen molar-refractivity contribution in [2.24, 2.45) is 5.92 Å². The maximum atomic E-state index is 12.2. The van der Waals surface area contributed by atoms with E-state index in [1.165, 1.54) is 5.69 Å². The van der Waals surface area contributed by atoms with Crippen LogP contribution in [0.3, 0.4) is 0 Å². The number of sulfone groups is 1. The number of carbonyl (C=O) groups excluding carboxylic acids is 1. The molecule has 1 atom stereocenters. The smallest absolute Gasteiger partial charge is 0.317 e. The molecule has 0 bridgehead atoms. The number of benzene rings is 1. The summed E-state index contributed by atoms with van der Waals surface area (Å²) in [5.41, 5.74) is 1.18. The molecule has 23 heavy (non-hydrogen) atoms. The van der Waals surface area contributed by atoms with Crippen LogP contribution in [0.4, 0.5) is 10.5 Å². The summed E-state index contributed by atoms with van der Waals surface area (Å²) < 4.78 is 22.9. The van der Waals surface area contributed by atoms with Gasteiger partial charge in [-0.25, -0.2) is 13.2 Å². The number of amides is 2. The van der Waals surface area contributed by atoms with Crippen molar-refractivity contribution in [2.75, 3.05) is 49.1 Å². The third-order valence-electron chi connectivity index (χ3n) is 4.56. The second-order valence-electron chi connectivity index (χ2n) is 6.26. The van der Waals surface area contributed by atoms with Gasteiger partial charge in [-0.05, 0) is 24.5 Å². The van der Waals surface area contributed by atoms with Crippen LogP contribution >= 0.6 is 0 Å². The van der Waals surface area contributed by atoms with Gasteiger partial charge in [0.25, 0.3) is 0 Å². The largest absolute Gasteiger partial charge is 0.368 e. The van der Waals surface area contributed by atoms with Crippen LogP contribution in [0.1, 0.15) is 6.42 Å². The molecule has 1 aromatic rings. The highest BCUT2D eigenvalue weighted by Gasteiger charge is 2.29. The van der Waals surface area contributed by atoms with Gasteiger partial charge in [0, 0.05) is 38.4 Å². The standard InChI is InChI=1S/C16H23N3O3S/c20-16(17-12-14-6-11-23(21,22)13-14)19-9-7-18(8-10-19)15-4-2-1-3-5-15/h1-5,14H,6-13H2,(H,17,20). The van der Waals surface area contributed by atoms with Crippen LogP contribution in [-0.4, -0.2) is 63.6 Å². The molecule has 6 nitrogen and oxygen atoms in total. The second kappa shape index (κ2) is 6.78. The molecule has 0 aromatic heterocycles. The Morgan fingerprint density at radius 3 is 2.43 bits per heavy atom. The number of hydrogen-bond donors (Lipinski definition) is 1. The average Bonchev–Trinajstić information content (AvgIpc) is 2.93. The summed E-state index contributed by atoms with van der Waals surface area (Å²) in [4.78, 5) is 16.3. The summed E-state index contributed by atoms with van der Waals surface area (Å²) in [5.74, 6) is 0.521. The van der Waals surface area contributed by atoms with E-state index in [0.717, 1.165) is 13.1 Å². The minimum Gasteiger partial charge on any atom is -0.368 e. The molecular formula is C16H23N3O3S. The number of para-hydroxylation sites is 1. The predicted molar refractivity (Wildman–Crippen MR) is 90.4 cm³/mol. The van der Waals surface area contributed by atoms with Gasteiger partial charge in [-0.1, -0.05) is 18.2 Å². The number of rotatable bonds is 3. The highest BCUT2D eigenvalue weighted by molar-refractivity contribution is 7.91. The van der Waals surface area contributed by atoms with Crippen molar-refractivity contribution < 1.29 is 13.2 Å². The van der Waals surface area contributed by atoms with Crippen molar-refractivity contribution >= 4 is 21.6 Å². The number of carbonyl (C=O) groups is 1. The topological polar surface area (TPSA) is 69.7 Å². The van der Waals surface area contributed by atoms with Crippen molar-refractivity contribution in [1.29, 1.82) is 0 Å². The number of hydrogen-bond acceptors (Lipinski definition) is 4. The van der Waals surface area contributed by atoms with Crippen molar-refractivity contribution in [3.8, 4) is 0 Å². The number of anilines is 1. The summed E-state index contributed by atoms with van der Waals surface area (Å²) in [5, 5.41) is 2.89. The lowest BCUT2D eigenvalue weighted by atomic mass is 10.1. The Morgan fingerprint density at radius 2 is 1.83 bits per heavy atom. The van der Waals surface area contributed by atoms with Crippen molar-refractivity contribution in [1.82, 2.24) is 10.2 Å². The molecule has 2 heterocycles. The summed E-state index contributed by atoms with van der Waals surface area (Å²) >= 11 is 0. The van der Waals surface area contributed by atoms with E-state index in [0.29, 0.717) is 26.1 Å². The first kappa shape index (κ1) is 16.1. The fourth-order valence-corrected chi connectivity index (χ4v) is 5.04. The quantitative estimate of drug-likeness (QED) is 0.892. The number of piperazine rings is 1. The van der Waals surface area contributed by atoms with Crippen LogP contribution < -0.4 is 10.2 Å². The molecule has 1 unspecified atom stereocenters. The van der Waals surface area contributed by atoms with Crippen molar-refractivity contribution in [3.05, 3.63) is 30.3 Å². The molecule has 2 aliphatic rings. The Bertz CT molecular complexity index is 640. The molecular weight excluding hydrogens is 314 g/mol. The number of urea groups is 1. The van der Waals surface area contributed by atoms with Gasteiger partial charge in [0.2, 0.25) is 0 Å². The first-order valence-electron chi connectivity index (χ1n) is 8.07. The summed E-state index contributed by atoms with van der Waals surface area (Å²) in [6.07, 6.45) is 0.657. The van der Waals surface area contributed by atoms with Crippen LogP contribution in [0.2, 0.25) is 0 Å². The van der Waals surface area contributed by atoms with Crippen LogP contribution in [0.15, 0.2) is 30.3 Å². The van der Waals surface area contributed by atoms with E-state index in [4.69, 9.17) is 0 Å². The summed E-state index contributed by atoms with van der Waals surface area (Å²) in [6, 6.07) is 10.1. The van der Waals surface area contributed by atoms with Crippen LogP contribution in [0.5, 0.6) is 0 Å². The van der Waals surface area contributed by atoms with E-state index in [1.807, 2.05) is 23.1 Å².